The fourth-order valence-corrected chi connectivity index (χ4v) is 1.60. The molecule has 0 aliphatic carbocycles. The summed E-state index contributed by atoms with van der Waals surface area (Å²) in [7, 11) is 0. The molecule has 0 aliphatic rings. The highest BCUT2D eigenvalue weighted by atomic mass is 79.9. The standard InChI is InChI=1S/C10H12BrF4N3/c1-2-3-7-17-6(11)4-8(18-7)16-5-10(14,15)9(12)13/h4,9H,2-3,5H2,1H3,(H,16,17,18). The summed E-state index contributed by atoms with van der Waals surface area (Å²) in [5.74, 6) is -3.52. The van der Waals surface area contributed by atoms with Crippen LogP contribution >= 0.6 is 15.9 Å². The van der Waals surface area contributed by atoms with Crippen LogP contribution in [0, 0.1) is 0 Å². The average molecular weight is 330 g/mol. The smallest absolute Gasteiger partial charge is 0.324 e. The minimum Gasteiger partial charge on any atom is -0.364 e. The molecule has 1 aromatic rings. The van der Waals surface area contributed by atoms with Gasteiger partial charge in [0, 0.05) is 12.5 Å². The molecule has 0 spiro atoms. The number of hydrogen-bond acceptors (Lipinski definition) is 3. The molecule has 0 amide bonds. The van der Waals surface area contributed by atoms with Crippen LogP contribution in [0.1, 0.15) is 19.2 Å². The molecule has 0 aliphatic heterocycles. The first-order valence-electron chi connectivity index (χ1n) is 5.28. The summed E-state index contributed by atoms with van der Waals surface area (Å²) in [4.78, 5) is 7.99. The van der Waals surface area contributed by atoms with Gasteiger partial charge in [0.05, 0.1) is 6.54 Å². The maximum Gasteiger partial charge on any atom is 0.324 e. The van der Waals surface area contributed by atoms with E-state index in [4.69, 9.17) is 0 Å². The molecule has 0 bridgehead atoms. The number of halogens is 5. The summed E-state index contributed by atoms with van der Waals surface area (Å²) < 4.78 is 49.8. The summed E-state index contributed by atoms with van der Waals surface area (Å²) in [6.07, 6.45) is -2.33. The second kappa shape index (κ2) is 6.31. The van der Waals surface area contributed by atoms with Crippen LogP contribution in [0.2, 0.25) is 0 Å². The van der Waals surface area contributed by atoms with Gasteiger partial charge in [0.15, 0.2) is 0 Å². The van der Waals surface area contributed by atoms with Crippen molar-refractivity contribution in [3.05, 3.63) is 16.5 Å². The molecule has 0 saturated heterocycles. The quantitative estimate of drug-likeness (QED) is 0.641. The Bertz CT molecular complexity index is 401. The fourth-order valence-electron chi connectivity index (χ4n) is 1.18. The Morgan fingerprint density at radius 3 is 2.61 bits per heavy atom. The number of hydrogen-bond donors (Lipinski definition) is 1. The molecule has 8 heteroatoms. The fraction of sp³-hybridized carbons (Fsp3) is 0.600. The van der Waals surface area contributed by atoms with Crippen LogP contribution < -0.4 is 5.32 Å². The Hall–Kier alpha value is -0.920. The van der Waals surface area contributed by atoms with Crippen molar-refractivity contribution < 1.29 is 17.6 Å². The third-order valence-corrected chi connectivity index (χ3v) is 2.45. The van der Waals surface area contributed by atoms with E-state index in [1.807, 2.05) is 6.92 Å². The number of aromatic nitrogens is 2. The minimum atomic E-state index is -4.08. The van der Waals surface area contributed by atoms with Crippen molar-refractivity contribution in [2.24, 2.45) is 0 Å². The van der Waals surface area contributed by atoms with Crippen LogP contribution in [-0.4, -0.2) is 28.9 Å². The zero-order valence-electron chi connectivity index (χ0n) is 9.56. The van der Waals surface area contributed by atoms with E-state index in [1.54, 1.807) is 0 Å². The lowest BCUT2D eigenvalue weighted by molar-refractivity contribution is -0.117. The topological polar surface area (TPSA) is 37.8 Å². The van der Waals surface area contributed by atoms with E-state index < -0.39 is 18.9 Å². The second-order valence-corrected chi connectivity index (χ2v) is 4.47. The normalized spacial score (nSPS) is 11.9. The summed E-state index contributed by atoms with van der Waals surface area (Å²) in [6.45, 7) is 0.752. The van der Waals surface area contributed by atoms with Gasteiger partial charge in [-0.1, -0.05) is 6.92 Å². The molecular weight excluding hydrogens is 318 g/mol. The third-order valence-electron chi connectivity index (χ3n) is 2.04. The summed E-state index contributed by atoms with van der Waals surface area (Å²) in [5, 5.41) is 2.19. The third kappa shape index (κ3) is 4.40. The minimum absolute atomic E-state index is 0.0978. The van der Waals surface area contributed by atoms with Gasteiger partial charge in [0.1, 0.15) is 16.2 Å². The Kier molecular flexibility index (Phi) is 5.30. The van der Waals surface area contributed by atoms with E-state index in [0.717, 1.165) is 6.42 Å². The van der Waals surface area contributed by atoms with Crippen LogP contribution in [0.15, 0.2) is 10.7 Å². The predicted octanol–water partition coefficient (Wildman–Crippen LogP) is 3.50. The SMILES string of the molecule is CCCc1nc(Br)cc(NCC(F)(F)C(F)F)n1. The van der Waals surface area contributed by atoms with Crippen LogP contribution in [0.3, 0.4) is 0 Å². The molecule has 0 radical (unpaired) electrons. The number of anilines is 1. The zero-order chi connectivity index (χ0) is 13.8. The van der Waals surface area contributed by atoms with Crippen molar-refractivity contribution in [3.63, 3.8) is 0 Å². The van der Waals surface area contributed by atoms with Crippen LogP contribution in [-0.2, 0) is 6.42 Å². The second-order valence-electron chi connectivity index (χ2n) is 3.66. The molecule has 1 N–H and O–H groups in total. The molecule has 0 aromatic carbocycles. The highest BCUT2D eigenvalue weighted by molar-refractivity contribution is 9.10. The molecule has 1 rings (SSSR count). The monoisotopic (exact) mass is 329 g/mol. The van der Waals surface area contributed by atoms with Crippen molar-refractivity contribution in [2.45, 2.75) is 32.1 Å². The van der Waals surface area contributed by atoms with Gasteiger partial charge in [-0.15, -0.1) is 0 Å². The van der Waals surface area contributed by atoms with Crippen LogP contribution in [0.5, 0.6) is 0 Å². The lowest BCUT2D eigenvalue weighted by Gasteiger charge is -2.16. The number of nitrogens with one attached hydrogen (secondary N) is 1. The van der Waals surface area contributed by atoms with Crippen LogP contribution in [0.25, 0.3) is 0 Å². The van der Waals surface area contributed by atoms with E-state index >= 15 is 0 Å². The average Bonchev–Trinajstić information content (AvgIpc) is 2.26. The Balaban J connectivity index is 2.73. The summed E-state index contributed by atoms with van der Waals surface area (Å²) in [5.41, 5.74) is 0. The number of aryl methyl sites for hydroxylation is 1. The molecule has 3 nitrogen and oxygen atoms in total. The van der Waals surface area contributed by atoms with E-state index in [1.165, 1.54) is 6.07 Å². The van der Waals surface area contributed by atoms with Gasteiger partial charge >= 0.3 is 12.3 Å². The maximum atomic E-state index is 12.7. The Labute approximate surface area is 110 Å². The van der Waals surface area contributed by atoms with Crippen LogP contribution in [0.4, 0.5) is 23.4 Å². The molecule has 0 atom stereocenters. The maximum absolute atomic E-state index is 12.7. The number of rotatable bonds is 6. The van der Waals surface area contributed by atoms with E-state index in [0.29, 0.717) is 16.8 Å². The first-order chi connectivity index (χ1) is 8.35. The number of nitrogens with zero attached hydrogens (tertiary/aromatic N) is 2. The molecule has 0 fully saturated rings. The van der Waals surface area contributed by atoms with Crippen molar-refractivity contribution in [1.82, 2.24) is 9.97 Å². The number of alkyl halides is 4. The predicted molar refractivity (Wildman–Crippen MR) is 63.2 cm³/mol. The van der Waals surface area contributed by atoms with E-state index in [9.17, 15) is 17.6 Å². The Morgan fingerprint density at radius 2 is 2.06 bits per heavy atom. The van der Waals surface area contributed by atoms with Crippen molar-refractivity contribution in [2.75, 3.05) is 11.9 Å². The van der Waals surface area contributed by atoms with Gasteiger partial charge in [-0.3, -0.25) is 0 Å². The first kappa shape index (κ1) is 15.1. The lowest BCUT2D eigenvalue weighted by Crippen LogP contribution is -2.35. The molecule has 1 heterocycles. The highest BCUT2D eigenvalue weighted by Gasteiger charge is 2.40. The van der Waals surface area contributed by atoms with Gasteiger partial charge in [-0.2, -0.15) is 8.78 Å². The molecule has 0 unspecified atom stereocenters. The molecular formula is C10H12BrF4N3. The van der Waals surface area contributed by atoms with Crippen molar-refractivity contribution in [3.8, 4) is 0 Å². The van der Waals surface area contributed by atoms with Gasteiger partial charge in [0.2, 0.25) is 0 Å². The van der Waals surface area contributed by atoms with Gasteiger partial charge < -0.3 is 5.32 Å². The first-order valence-corrected chi connectivity index (χ1v) is 6.07. The molecule has 18 heavy (non-hydrogen) atoms. The zero-order valence-corrected chi connectivity index (χ0v) is 11.1. The molecule has 0 saturated carbocycles. The van der Waals surface area contributed by atoms with Crippen molar-refractivity contribution in [1.29, 1.82) is 0 Å². The largest absolute Gasteiger partial charge is 0.364 e. The molecule has 1 aromatic heterocycles. The summed E-state index contributed by atoms with van der Waals surface area (Å²) >= 11 is 3.11. The Morgan fingerprint density at radius 1 is 1.39 bits per heavy atom. The van der Waals surface area contributed by atoms with E-state index in [2.05, 4.69) is 31.2 Å². The van der Waals surface area contributed by atoms with E-state index in [-0.39, 0.29) is 5.82 Å². The van der Waals surface area contributed by atoms with Gasteiger partial charge in [0.25, 0.3) is 0 Å². The lowest BCUT2D eigenvalue weighted by atomic mass is 10.3. The van der Waals surface area contributed by atoms with Gasteiger partial charge in [-0.05, 0) is 22.4 Å². The highest BCUT2D eigenvalue weighted by Crippen LogP contribution is 2.23. The van der Waals surface area contributed by atoms with Crippen molar-refractivity contribution >= 4 is 21.7 Å². The van der Waals surface area contributed by atoms with Gasteiger partial charge in [-0.25, -0.2) is 18.7 Å². The summed E-state index contributed by atoms with van der Waals surface area (Å²) in [6, 6.07) is 1.36. The molecule has 102 valence electrons.